The van der Waals surface area contributed by atoms with E-state index in [1.807, 2.05) is 0 Å². The lowest BCUT2D eigenvalue weighted by Crippen LogP contribution is -2.10. The Kier molecular flexibility index (Phi) is 4.24. The van der Waals surface area contributed by atoms with Gasteiger partial charge in [-0.3, -0.25) is 0 Å². The zero-order valence-electron chi connectivity index (χ0n) is 11.0. The van der Waals surface area contributed by atoms with Crippen LogP contribution in [-0.2, 0) is 11.3 Å². The van der Waals surface area contributed by atoms with E-state index >= 15 is 0 Å². The molecule has 0 bridgehead atoms. The Bertz CT molecular complexity index is 597. The summed E-state index contributed by atoms with van der Waals surface area (Å²) in [6.07, 6.45) is 1.53. The highest BCUT2D eigenvalue weighted by atomic mass is 19.1. The maximum atomic E-state index is 13.8. The molecular formula is C14H15FN2O3. The lowest BCUT2D eigenvalue weighted by atomic mass is 10.1. The van der Waals surface area contributed by atoms with Crippen LogP contribution in [0.4, 0.5) is 15.8 Å². The Labute approximate surface area is 115 Å². The lowest BCUT2D eigenvalue weighted by Gasteiger charge is -2.10. The molecule has 20 heavy (non-hydrogen) atoms. The van der Waals surface area contributed by atoms with Crippen molar-refractivity contribution >= 4 is 17.3 Å². The smallest absolute Gasteiger partial charge is 0.340 e. The highest BCUT2D eigenvalue weighted by molar-refractivity contribution is 5.96. The number of halogens is 1. The van der Waals surface area contributed by atoms with E-state index in [2.05, 4.69) is 5.32 Å². The van der Waals surface area contributed by atoms with E-state index in [-0.39, 0.29) is 23.5 Å². The summed E-state index contributed by atoms with van der Waals surface area (Å²) in [5.74, 6) is -0.466. The summed E-state index contributed by atoms with van der Waals surface area (Å²) in [4.78, 5) is 11.7. The summed E-state index contributed by atoms with van der Waals surface area (Å²) in [6.45, 7) is 2.22. The Morgan fingerprint density at radius 3 is 2.95 bits per heavy atom. The van der Waals surface area contributed by atoms with Crippen molar-refractivity contribution in [3.63, 3.8) is 0 Å². The van der Waals surface area contributed by atoms with Crippen LogP contribution in [-0.4, -0.2) is 12.6 Å². The van der Waals surface area contributed by atoms with Crippen LogP contribution in [0, 0.1) is 5.82 Å². The molecule has 5 nitrogen and oxygen atoms in total. The maximum Gasteiger partial charge on any atom is 0.340 e. The summed E-state index contributed by atoms with van der Waals surface area (Å²) in [5, 5.41) is 2.85. The Morgan fingerprint density at radius 1 is 1.50 bits per heavy atom. The van der Waals surface area contributed by atoms with Crippen LogP contribution in [0.25, 0.3) is 0 Å². The third-order valence-electron chi connectivity index (χ3n) is 2.67. The molecule has 0 unspecified atom stereocenters. The molecule has 0 saturated carbocycles. The number of rotatable bonds is 5. The van der Waals surface area contributed by atoms with Crippen molar-refractivity contribution in [2.24, 2.45) is 0 Å². The van der Waals surface area contributed by atoms with E-state index in [1.54, 1.807) is 19.1 Å². The molecule has 0 fully saturated rings. The van der Waals surface area contributed by atoms with Gasteiger partial charge < -0.3 is 20.2 Å². The van der Waals surface area contributed by atoms with Crippen molar-refractivity contribution < 1.29 is 18.3 Å². The number of nitrogens with one attached hydrogen (secondary N) is 1. The van der Waals surface area contributed by atoms with Gasteiger partial charge in [-0.25, -0.2) is 9.18 Å². The Balaban J connectivity index is 2.19. The topological polar surface area (TPSA) is 77.5 Å². The zero-order valence-corrected chi connectivity index (χ0v) is 11.0. The number of hydrogen-bond donors (Lipinski definition) is 2. The van der Waals surface area contributed by atoms with Gasteiger partial charge in [0.2, 0.25) is 0 Å². The minimum atomic E-state index is -0.578. The first kappa shape index (κ1) is 13.9. The van der Waals surface area contributed by atoms with Crippen LogP contribution in [0.1, 0.15) is 23.0 Å². The van der Waals surface area contributed by atoms with Crippen LogP contribution < -0.4 is 11.1 Å². The summed E-state index contributed by atoms with van der Waals surface area (Å²) in [7, 11) is 0. The van der Waals surface area contributed by atoms with Gasteiger partial charge in [0.25, 0.3) is 0 Å². The first-order valence-electron chi connectivity index (χ1n) is 6.14. The number of hydrogen-bond acceptors (Lipinski definition) is 5. The van der Waals surface area contributed by atoms with Gasteiger partial charge in [0.1, 0.15) is 11.6 Å². The van der Waals surface area contributed by atoms with Gasteiger partial charge in [0.15, 0.2) is 0 Å². The molecule has 1 heterocycles. The van der Waals surface area contributed by atoms with E-state index in [9.17, 15) is 9.18 Å². The molecule has 2 rings (SSSR count). The molecule has 1 aromatic carbocycles. The van der Waals surface area contributed by atoms with Crippen molar-refractivity contribution in [1.29, 1.82) is 0 Å². The average Bonchev–Trinajstić information content (AvgIpc) is 2.91. The van der Waals surface area contributed by atoms with E-state index < -0.39 is 11.8 Å². The molecule has 0 aliphatic carbocycles. The SMILES string of the molecule is CCOC(=O)c1cc(NCc2ccco2)c(F)cc1N. The molecule has 0 saturated heterocycles. The lowest BCUT2D eigenvalue weighted by molar-refractivity contribution is 0.0527. The fraction of sp³-hybridized carbons (Fsp3) is 0.214. The number of anilines is 2. The van der Waals surface area contributed by atoms with Crippen molar-refractivity contribution in [2.75, 3.05) is 17.7 Å². The molecule has 3 N–H and O–H groups in total. The molecular weight excluding hydrogens is 263 g/mol. The van der Waals surface area contributed by atoms with Crippen LogP contribution in [0.2, 0.25) is 0 Å². The van der Waals surface area contributed by atoms with E-state index in [0.717, 1.165) is 6.07 Å². The summed E-state index contributed by atoms with van der Waals surface area (Å²) < 4.78 is 23.8. The van der Waals surface area contributed by atoms with Crippen LogP contribution in [0.3, 0.4) is 0 Å². The standard InChI is InChI=1S/C14H15FN2O3/c1-2-19-14(18)10-6-13(11(15)7-12(10)16)17-8-9-4-3-5-20-9/h3-7,17H,2,8,16H2,1H3. The number of nitrogens with two attached hydrogens (primary N) is 1. The van der Waals surface area contributed by atoms with Gasteiger partial charge in [0.05, 0.1) is 30.7 Å². The Hall–Kier alpha value is -2.50. The van der Waals surface area contributed by atoms with Gasteiger partial charge >= 0.3 is 5.97 Å². The van der Waals surface area contributed by atoms with Crippen molar-refractivity contribution in [2.45, 2.75) is 13.5 Å². The maximum absolute atomic E-state index is 13.8. The second-order valence-electron chi connectivity index (χ2n) is 4.07. The van der Waals surface area contributed by atoms with Crippen LogP contribution in [0.5, 0.6) is 0 Å². The van der Waals surface area contributed by atoms with Crippen molar-refractivity contribution in [1.82, 2.24) is 0 Å². The highest BCUT2D eigenvalue weighted by Gasteiger charge is 2.15. The summed E-state index contributed by atoms with van der Waals surface area (Å²) >= 11 is 0. The number of esters is 1. The third kappa shape index (κ3) is 3.09. The molecule has 1 aromatic heterocycles. The van der Waals surface area contributed by atoms with Crippen LogP contribution in [0.15, 0.2) is 34.9 Å². The normalized spacial score (nSPS) is 10.3. The van der Waals surface area contributed by atoms with E-state index in [4.69, 9.17) is 14.9 Å². The average molecular weight is 278 g/mol. The summed E-state index contributed by atoms with van der Waals surface area (Å²) in [5.41, 5.74) is 5.97. The second kappa shape index (κ2) is 6.10. The fourth-order valence-electron chi connectivity index (χ4n) is 1.71. The first-order valence-corrected chi connectivity index (χ1v) is 6.14. The highest BCUT2D eigenvalue weighted by Crippen LogP contribution is 2.23. The van der Waals surface area contributed by atoms with Gasteiger partial charge in [-0.15, -0.1) is 0 Å². The first-order chi connectivity index (χ1) is 9.61. The second-order valence-corrected chi connectivity index (χ2v) is 4.07. The molecule has 106 valence electrons. The van der Waals surface area contributed by atoms with Gasteiger partial charge in [0, 0.05) is 5.69 Å². The largest absolute Gasteiger partial charge is 0.467 e. The Morgan fingerprint density at radius 2 is 2.30 bits per heavy atom. The van der Waals surface area contributed by atoms with Gasteiger partial charge in [-0.2, -0.15) is 0 Å². The summed E-state index contributed by atoms with van der Waals surface area (Å²) in [6, 6.07) is 5.93. The molecule has 0 amide bonds. The number of ether oxygens (including phenoxy) is 1. The predicted octanol–water partition coefficient (Wildman–Crippen LogP) is 2.79. The number of benzene rings is 1. The minimum Gasteiger partial charge on any atom is -0.467 e. The van der Waals surface area contributed by atoms with E-state index in [1.165, 1.54) is 12.3 Å². The number of furan rings is 1. The molecule has 0 aliphatic heterocycles. The zero-order chi connectivity index (χ0) is 14.5. The predicted molar refractivity (Wildman–Crippen MR) is 72.8 cm³/mol. The number of carbonyl (C=O) groups is 1. The molecule has 0 radical (unpaired) electrons. The number of carbonyl (C=O) groups excluding carboxylic acids is 1. The molecule has 2 aromatic rings. The number of nitrogen functional groups attached to an aromatic ring is 1. The van der Waals surface area contributed by atoms with Crippen LogP contribution >= 0.6 is 0 Å². The fourth-order valence-corrected chi connectivity index (χ4v) is 1.71. The van der Waals surface area contributed by atoms with Gasteiger partial charge in [-0.1, -0.05) is 0 Å². The third-order valence-corrected chi connectivity index (χ3v) is 2.67. The monoisotopic (exact) mass is 278 g/mol. The quantitative estimate of drug-likeness (QED) is 0.649. The van der Waals surface area contributed by atoms with E-state index in [0.29, 0.717) is 12.3 Å². The van der Waals surface area contributed by atoms with Gasteiger partial charge in [-0.05, 0) is 31.2 Å². The molecule has 0 spiro atoms. The van der Waals surface area contributed by atoms with Crippen molar-refractivity contribution in [3.05, 3.63) is 47.7 Å². The van der Waals surface area contributed by atoms with Crippen molar-refractivity contribution in [3.8, 4) is 0 Å². The molecule has 0 atom stereocenters. The molecule has 0 aliphatic rings. The molecule has 6 heteroatoms. The minimum absolute atomic E-state index is 0.0458.